The molecule has 1 N–H and O–H groups in total. The molecule has 1 aromatic rings. The van der Waals surface area contributed by atoms with Crippen molar-refractivity contribution in [1.29, 1.82) is 0 Å². The van der Waals surface area contributed by atoms with Crippen LogP contribution < -0.4 is 5.32 Å². The summed E-state index contributed by atoms with van der Waals surface area (Å²) in [5, 5.41) is 3.48. The Morgan fingerprint density at radius 1 is 1.47 bits per heavy atom. The highest BCUT2D eigenvalue weighted by molar-refractivity contribution is 9.10. The monoisotopic (exact) mass is 326 g/mol. The van der Waals surface area contributed by atoms with Gasteiger partial charge in [-0.2, -0.15) is 0 Å². The molecule has 1 aromatic carbocycles. The topological polar surface area (TPSA) is 24.5 Å². The van der Waals surface area contributed by atoms with Crippen LogP contribution in [-0.4, -0.2) is 43.3 Å². The number of hydrogen-bond donors (Lipinski definition) is 1. The molecule has 2 rings (SSSR count). The van der Waals surface area contributed by atoms with Gasteiger partial charge in [0.2, 0.25) is 0 Å². The van der Waals surface area contributed by atoms with Gasteiger partial charge in [-0.15, -0.1) is 0 Å². The third-order valence-electron chi connectivity index (χ3n) is 3.61. The van der Waals surface area contributed by atoms with E-state index in [1.54, 1.807) is 0 Å². The molecular weight excluding hydrogens is 304 g/mol. The predicted octanol–water partition coefficient (Wildman–Crippen LogP) is 3.28. The summed E-state index contributed by atoms with van der Waals surface area (Å²) in [5.74, 6) is 0. The Morgan fingerprint density at radius 2 is 2.26 bits per heavy atom. The average molecular weight is 327 g/mol. The molecule has 1 aliphatic rings. The highest BCUT2D eigenvalue weighted by Crippen LogP contribution is 2.25. The van der Waals surface area contributed by atoms with Gasteiger partial charge >= 0.3 is 0 Å². The molecule has 106 valence electrons. The Morgan fingerprint density at radius 3 is 3.00 bits per heavy atom. The number of benzene rings is 1. The molecule has 0 aromatic heterocycles. The maximum atomic E-state index is 5.83. The third kappa shape index (κ3) is 3.94. The molecule has 1 heterocycles. The predicted molar refractivity (Wildman–Crippen MR) is 83.8 cm³/mol. The zero-order valence-corrected chi connectivity index (χ0v) is 13.5. The van der Waals surface area contributed by atoms with E-state index in [9.17, 15) is 0 Å². The van der Waals surface area contributed by atoms with E-state index < -0.39 is 0 Å². The van der Waals surface area contributed by atoms with Gasteiger partial charge in [0.15, 0.2) is 0 Å². The molecule has 1 atom stereocenters. The summed E-state index contributed by atoms with van der Waals surface area (Å²) < 4.78 is 6.98. The lowest BCUT2D eigenvalue weighted by atomic mass is 10.2. The first-order valence-electron chi connectivity index (χ1n) is 6.92. The summed E-state index contributed by atoms with van der Waals surface area (Å²) in [7, 11) is 0. The van der Waals surface area contributed by atoms with Gasteiger partial charge in [-0.3, -0.25) is 4.90 Å². The first-order chi connectivity index (χ1) is 9.08. The van der Waals surface area contributed by atoms with Gasteiger partial charge in [-0.25, -0.2) is 0 Å². The van der Waals surface area contributed by atoms with Crippen molar-refractivity contribution in [3.05, 3.63) is 28.2 Å². The molecule has 0 aliphatic carbocycles. The number of halogens is 1. The molecule has 4 heteroatoms. The van der Waals surface area contributed by atoms with Crippen molar-refractivity contribution < 1.29 is 4.74 Å². The van der Waals surface area contributed by atoms with Crippen LogP contribution in [0, 0.1) is 6.92 Å². The van der Waals surface area contributed by atoms with Crippen molar-refractivity contribution in [2.75, 3.05) is 31.6 Å². The molecule has 1 aliphatic heterocycles. The smallest absolute Gasteiger partial charge is 0.0874 e. The standard InChI is InChI=1S/C15H23BrN2O/c1-11(2)18-7-8-19-13(10-18)9-17-14-6-4-5-12(3)15(14)16/h4-6,11,13,17H,7-10H2,1-3H3. The molecule has 0 bridgehead atoms. The molecule has 1 fully saturated rings. The van der Waals surface area contributed by atoms with Crippen LogP contribution in [0.3, 0.4) is 0 Å². The van der Waals surface area contributed by atoms with E-state index in [0.29, 0.717) is 6.04 Å². The van der Waals surface area contributed by atoms with Crippen LogP contribution in [0.25, 0.3) is 0 Å². The number of ether oxygens (including phenoxy) is 1. The molecular formula is C15H23BrN2O. The van der Waals surface area contributed by atoms with Gasteiger partial charge in [0.1, 0.15) is 0 Å². The summed E-state index contributed by atoms with van der Waals surface area (Å²) in [6, 6.07) is 6.87. The second kappa shape index (κ2) is 6.73. The average Bonchev–Trinajstić information content (AvgIpc) is 2.41. The minimum atomic E-state index is 0.267. The van der Waals surface area contributed by atoms with Crippen LogP contribution in [0.2, 0.25) is 0 Å². The number of aryl methyl sites for hydroxylation is 1. The summed E-state index contributed by atoms with van der Waals surface area (Å²) in [6.45, 7) is 10.3. The zero-order chi connectivity index (χ0) is 13.8. The maximum Gasteiger partial charge on any atom is 0.0874 e. The number of rotatable bonds is 4. The van der Waals surface area contributed by atoms with E-state index in [1.807, 2.05) is 0 Å². The Bertz CT molecular complexity index is 423. The van der Waals surface area contributed by atoms with Gasteiger partial charge in [-0.05, 0) is 48.3 Å². The van der Waals surface area contributed by atoms with Crippen LogP contribution in [0.5, 0.6) is 0 Å². The Balaban J connectivity index is 1.90. The molecule has 3 nitrogen and oxygen atoms in total. The van der Waals surface area contributed by atoms with E-state index in [-0.39, 0.29) is 6.10 Å². The van der Waals surface area contributed by atoms with E-state index in [0.717, 1.165) is 36.4 Å². The normalized spacial score (nSPS) is 20.8. The SMILES string of the molecule is Cc1cccc(NCC2CN(C(C)C)CCO2)c1Br. The van der Waals surface area contributed by atoms with E-state index in [2.05, 4.69) is 65.1 Å². The Hall–Kier alpha value is -0.580. The second-order valence-electron chi connectivity index (χ2n) is 5.40. The largest absolute Gasteiger partial charge is 0.381 e. The summed E-state index contributed by atoms with van der Waals surface area (Å²) >= 11 is 3.63. The second-order valence-corrected chi connectivity index (χ2v) is 6.19. The Labute approximate surface area is 124 Å². The van der Waals surface area contributed by atoms with Crippen molar-refractivity contribution in [2.45, 2.75) is 32.9 Å². The molecule has 1 unspecified atom stereocenters. The van der Waals surface area contributed by atoms with E-state index in [4.69, 9.17) is 4.74 Å². The van der Waals surface area contributed by atoms with Crippen molar-refractivity contribution in [2.24, 2.45) is 0 Å². The fourth-order valence-electron chi connectivity index (χ4n) is 2.34. The van der Waals surface area contributed by atoms with E-state index in [1.165, 1.54) is 5.56 Å². The van der Waals surface area contributed by atoms with Crippen molar-refractivity contribution >= 4 is 21.6 Å². The third-order valence-corrected chi connectivity index (χ3v) is 4.67. The van der Waals surface area contributed by atoms with Crippen LogP contribution >= 0.6 is 15.9 Å². The number of nitrogens with one attached hydrogen (secondary N) is 1. The Kier molecular flexibility index (Phi) is 5.25. The molecule has 0 saturated carbocycles. The van der Waals surface area contributed by atoms with Crippen LogP contribution in [0.4, 0.5) is 5.69 Å². The summed E-state index contributed by atoms with van der Waals surface area (Å²) in [6.07, 6.45) is 0.267. The lowest BCUT2D eigenvalue weighted by Crippen LogP contribution is -2.48. The maximum absolute atomic E-state index is 5.83. The molecule has 0 amide bonds. The molecule has 0 radical (unpaired) electrons. The first-order valence-corrected chi connectivity index (χ1v) is 7.72. The van der Waals surface area contributed by atoms with Crippen molar-refractivity contribution in [3.8, 4) is 0 Å². The summed E-state index contributed by atoms with van der Waals surface area (Å²) in [4.78, 5) is 2.47. The number of morpholine rings is 1. The minimum absolute atomic E-state index is 0.267. The molecule has 0 spiro atoms. The lowest BCUT2D eigenvalue weighted by Gasteiger charge is -2.35. The van der Waals surface area contributed by atoms with Gasteiger partial charge in [0.25, 0.3) is 0 Å². The van der Waals surface area contributed by atoms with Gasteiger partial charge in [0, 0.05) is 35.8 Å². The fraction of sp³-hybridized carbons (Fsp3) is 0.600. The van der Waals surface area contributed by atoms with E-state index >= 15 is 0 Å². The fourth-order valence-corrected chi connectivity index (χ4v) is 2.75. The van der Waals surface area contributed by atoms with Crippen LogP contribution in [0.15, 0.2) is 22.7 Å². The van der Waals surface area contributed by atoms with Gasteiger partial charge in [-0.1, -0.05) is 12.1 Å². The van der Waals surface area contributed by atoms with Gasteiger partial charge in [0.05, 0.1) is 12.7 Å². The van der Waals surface area contributed by atoms with Crippen molar-refractivity contribution in [3.63, 3.8) is 0 Å². The molecule has 19 heavy (non-hydrogen) atoms. The van der Waals surface area contributed by atoms with Crippen LogP contribution in [-0.2, 0) is 4.74 Å². The minimum Gasteiger partial charge on any atom is -0.381 e. The lowest BCUT2D eigenvalue weighted by molar-refractivity contribution is -0.0315. The molecule has 1 saturated heterocycles. The first kappa shape index (κ1) is 14.8. The zero-order valence-electron chi connectivity index (χ0n) is 11.9. The highest BCUT2D eigenvalue weighted by atomic mass is 79.9. The number of hydrogen-bond acceptors (Lipinski definition) is 3. The van der Waals surface area contributed by atoms with Crippen LogP contribution in [0.1, 0.15) is 19.4 Å². The quantitative estimate of drug-likeness (QED) is 0.918. The number of nitrogens with zero attached hydrogens (tertiary/aromatic N) is 1. The number of anilines is 1. The van der Waals surface area contributed by atoms with Crippen molar-refractivity contribution in [1.82, 2.24) is 4.90 Å². The summed E-state index contributed by atoms with van der Waals surface area (Å²) in [5.41, 5.74) is 2.39. The highest BCUT2D eigenvalue weighted by Gasteiger charge is 2.22. The van der Waals surface area contributed by atoms with Gasteiger partial charge < -0.3 is 10.1 Å².